The summed E-state index contributed by atoms with van der Waals surface area (Å²) in [5, 5.41) is 10.5. The SMILES string of the molecule is C[N-]C.C[N-]C.C[N-]C.N[N]=[W]. The number of nitrogens with zero attached hydrogens (tertiary/aromatic N) is 4. The molecule has 6 heteroatoms. The van der Waals surface area contributed by atoms with Gasteiger partial charge in [0.15, 0.2) is 0 Å². The van der Waals surface area contributed by atoms with E-state index in [0.29, 0.717) is 0 Å². The Kier molecular flexibility index (Phi) is 123. The van der Waals surface area contributed by atoms with Gasteiger partial charge in [-0.05, 0) is 0 Å². The van der Waals surface area contributed by atoms with Gasteiger partial charge >= 0.3 is 29.1 Å². The zero-order valence-corrected chi connectivity index (χ0v) is 11.7. The number of hydrogen-bond donors (Lipinski definition) is 1. The van der Waals surface area contributed by atoms with E-state index in [2.05, 4.69) is 25.4 Å². The molecular weight excluding hydrogens is 326 g/mol. The maximum atomic E-state index is 4.51. The molecule has 0 rings (SSSR count). The van der Waals surface area contributed by atoms with Crippen LogP contribution in [0.1, 0.15) is 0 Å². The summed E-state index contributed by atoms with van der Waals surface area (Å²) in [6.45, 7) is 0. The van der Waals surface area contributed by atoms with Gasteiger partial charge in [-0.15, -0.1) is 0 Å². The van der Waals surface area contributed by atoms with E-state index in [4.69, 9.17) is 0 Å². The van der Waals surface area contributed by atoms with Crippen molar-refractivity contribution in [2.45, 2.75) is 0 Å². The van der Waals surface area contributed by atoms with Crippen LogP contribution in [0.25, 0.3) is 16.0 Å². The van der Waals surface area contributed by atoms with Crippen molar-refractivity contribution < 1.29 is 19.6 Å². The summed E-state index contributed by atoms with van der Waals surface area (Å²) in [4.78, 5) is 0. The molecule has 0 aromatic heterocycles. The first-order valence-corrected chi connectivity index (χ1v) is 4.44. The molecule has 0 amide bonds. The number of hydrogen-bond acceptors (Lipinski definition) is 2. The molecule has 0 bridgehead atoms. The Morgan fingerprint density at radius 3 is 0.833 bits per heavy atom. The first-order valence-electron chi connectivity index (χ1n) is 3.12. The number of nitrogens with two attached hydrogens (primary N) is 1. The van der Waals surface area contributed by atoms with E-state index in [1.165, 1.54) is 0 Å². The van der Waals surface area contributed by atoms with Gasteiger partial charge in [-0.25, -0.2) is 0 Å². The molecule has 0 saturated heterocycles. The summed E-state index contributed by atoms with van der Waals surface area (Å²) >= 11 is 1.07. The predicted octanol–water partition coefficient (Wildman–Crippen LogP) is 1.45. The molecule has 0 fully saturated rings. The summed E-state index contributed by atoms with van der Waals surface area (Å²) in [6, 6.07) is 0. The van der Waals surface area contributed by atoms with Crippen LogP contribution in [0.5, 0.6) is 0 Å². The van der Waals surface area contributed by atoms with E-state index in [9.17, 15) is 0 Å². The first kappa shape index (κ1) is 22.8. The summed E-state index contributed by atoms with van der Waals surface area (Å²) in [7, 11) is 10.5. The standard InChI is InChI=1S/3C2H6N.H2N2.W/c3*1-3-2;1-2;/h3*1-2H3;1H2;/q3*-1;;. The van der Waals surface area contributed by atoms with Crippen LogP contribution in [0.3, 0.4) is 0 Å². The topological polar surface area (TPSA) is 80.7 Å². The van der Waals surface area contributed by atoms with E-state index in [1.54, 1.807) is 42.3 Å². The molecule has 0 radical (unpaired) electrons. The van der Waals surface area contributed by atoms with Gasteiger partial charge in [-0.3, -0.25) is 0 Å². The van der Waals surface area contributed by atoms with Crippen molar-refractivity contribution in [3.8, 4) is 0 Å². The van der Waals surface area contributed by atoms with Crippen LogP contribution in [-0.2, 0) is 19.6 Å². The van der Waals surface area contributed by atoms with Crippen molar-refractivity contribution in [2.75, 3.05) is 42.3 Å². The number of rotatable bonds is 0. The molecule has 0 aromatic rings. The minimum absolute atomic E-state index is 1.07. The molecule has 0 aliphatic rings. The fraction of sp³-hybridized carbons (Fsp3) is 1.00. The van der Waals surface area contributed by atoms with Crippen LogP contribution in [-0.4, -0.2) is 42.3 Å². The molecule has 0 atom stereocenters. The summed E-state index contributed by atoms with van der Waals surface area (Å²) in [6.07, 6.45) is 0. The molecule has 0 unspecified atom stereocenters. The third-order valence-electron chi connectivity index (χ3n) is 0. The van der Waals surface area contributed by atoms with Crippen molar-refractivity contribution in [1.82, 2.24) is 0 Å². The van der Waals surface area contributed by atoms with Gasteiger partial charge < -0.3 is 16.0 Å². The van der Waals surface area contributed by atoms with Crippen LogP contribution >= 0.6 is 0 Å². The molecule has 0 spiro atoms. The van der Waals surface area contributed by atoms with Crippen molar-refractivity contribution in [3.05, 3.63) is 16.0 Å². The van der Waals surface area contributed by atoms with E-state index in [1.807, 2.05) is 0 Å². The normalized spacial score (nSPS) is 5.58. The van der Waals surface area contributed by atoms with Crippen molar-refractivity contribution in [3.63, 3.8) is 0 Å². The quantitative estimate of drug-likeness (QED) is 0.523. The fourth-order valence-electron chi connectivity index (χ4n) is 0. The van der Waals surface area contributed by atoms with Crippen LogP contribution in [0.2, 0.25) is 0 Å². The molecule has 0 heterocycles. The van der Waals surface area contributed by atoms with E-state index in [-0.39, 0.29) is 0 Å². The first-order chi connectivity index (χ1) is 5.66. The maximum absolute atomic E-state index is 4.51. The minimum atomic E-state index is 1.07. The zero-order valence-electron chi connectivity index (χ0n) is 8.77. The van der Waals surface area contributed by atoms with Gasteiger partial charge in [0.05, 0.1) is 0 Å². The molecular formula is C6H20N5W-3. The van der Waals surface area contributed by atoms with Gasteiger partial charge in [-0.2, -0.15) is 42.3 Å². The van der Waals surface area contributed by atoms with Crippen molar-refractivity contribution >= 4 is 0 Å². The predicted molar refractivity (Wildman–Crippen MR) is 52.2 cm³/mol. The Hall–Kier alpha value is 0.328. The second kappa shape index (κ2) is 64.5. The van der Waals surface area contributed by atoms with Crippen molar-refractivity contribution in [1.29, 1.82) is 0 Å². The summed E-state index contributed by atoms with van der Waals surface area (Å²) in [5.41, 5.74) is 0. The molecule has 0 aliphatic carbocycles. The van der Waals surface area contributed by atoms with Crippen LogP contribution in [0.15, 0.2) is 3.60 Å². The summed E-state index contributed by atoms with van der Waals surface area (Å²) < 4.78 is 3.08. The van der Waals surface area contributed by atoms with E-state index >= 15 is 0 Å². The Labute approximate surface area is 87.6 Å². The molecule has 0 aromatic carbocycles. The molecule has 12 heavy (non-hydrogen) atoms. The van der Waals surface area contributed by atoms with E-state index in [0.717, 1.165) is 19.6 Å². The molecule has 78 valence electrons. The van der Waals surface area contributed by atoms with Gasteiger partial charge in [0.2, 0.25) is 0 Å². The summed E-state index contributed by atoms with van der Waals surface area (Å²) in [5.74, 6) is 4.51. The van der Waals surface area contributed by atoms with E-state index < -0.39 is 0 Å². The Bertz CT molecular complexity index is 40.2. The third-order valence-corrected chi connectivity index (χ3v) is 0. The average Bonchev–Trinajstić information content (AvgIpc) is 1.92. The van der Waals surface area contributed by atoms with Crippen molar-refractivity contribution in [2.24, 2.45) is 9.45 Å². The van der Waals surface area contributed by atoms with Gasteiger partial charge in [0, 0.05) is 0 Å². The Balaban J connectivity index is -0.0000000356. The van der Waals surface area contributed by atoms with Crippen LogP contribution in [0, 0.1) is 0 Å². The Morgan fingerprint density at radius 1 is 0.833 bits per heavy atom. The Morgan fingerprint density at radius 2 is 0.833 bits per heavy atom. The van der Waals surface area contributed by atoms with Crippen LogP contribution in [0.4, 0.5) is 0 Å². The molecule has 2 N–H and O–H groups in total. The van der Waals surface area contributed by atoms with Gasteiger partial charge in [-0.1, -0.05) is 0 Å². The van der Waals surface area contributed by atoms with Crippen LogP contribution < -0.4 is 5.84 Å². The third kappa shape index (κ3) is 8340. The monoisotopic (exact) mass is 346 g/mol. The van der Waals surface area contributed by atoms with Gasteiger partial charge in [0.25, 0.3) is 0 Å². The fourth-order valence-corrected chi connectivity index (χ4v) is 0. The molecule has 5 nitrogen and oxygen atoms in total. The second-order valence-electron chi connectivity index (χ2n) is 1.45. The molecule has 0 saturated carbocycles. The second-order valence-corrected chi connectivity index (χ2v) is 2.20. The average molecular weight is 346 g/mol. The van der Waals surface area contributed by atoms with Gasteiger partial charge in [0.1, 0.15) is 0 Å². The molecule has 0 aliphatic heterocycles. The zero-order chi connectivity index (χ0) is 10.8.